The van der Waals surface area contributed by atoms with Crippen LogP contribution in [0, 0.1) is 5.82 Å². The fourth-order valence-corrected chi connectivity index (χ4v) is 4.78. The van der Waals surface area contributed by atoms with Crippen LogP contribution in [-0.2, 0) is 11.3 Å². The monoisotopic (exact) mass is 559 g/mol. The zero-order chi connectivity index (χ0) is 28.6. The van der Waals surface area contributed by atoms with Crippen molar-refractivity contribution in [3.05, 3.63) is 54.1 Å². The second kappa shape index (κ2) is 11.2. The summed E-state index contributed by atoms with van der Waals surface area (Å²) in [5, 5.41) is 0.847. The van der Waals surface area contributed by atoms with Crippen LogP contribution in [0.3, 0.4) is 0 Å². The maximum Gasteiger partial charge on any atom is 0.304 e. The van der Waals surface area contributed by atoms with E-state index in [1.165, 1.54) is 24.4 Å². The van der Waals surface area contributed by atoms with Crippen LogP contribution in [0.5, 0.6) is 5.75 Å². The number of nitrogens with two attached hydrogens (primary N) is 2. The molecule has 0 spiro atoms. The van der Waals surface area contributed by atoms with Crippen molar-refractivity contribution in [2.75, 3.05) is 56.8 Å². The number of morpholine rings is 1. The predicted molar refractivity (Wildman–Crippen MR) is 145 cm³/mol. The minimum atomic E-state index is -3.38. The Bertz CT molecular complexity index is 1520. The number of anilines is 3. The summed E-state index contributed by atoms with van der Waals surface area (Å²) in [6.07, 6.45) is -2.95. The van der Waals surface area contributed by atoms with Crippen molar-refractivity contribution in [1.82, 2.24) is 19.4 Å². The Morgan fingerprint density at radius 2 is 1.82 bits per heavy atom. The quantitative estimate of drug-likeness (QED) is 0.244. The summed E-state index contributed by atoms with van der Waals surface area (Å²) in [6.45, 7) is 2.34. The number of aromatic nitrogens is 3. The zero-order valence-corrected chi connectivity index (χ0v) is 22.0. The van der Waals surface area contributed by atoms with Crippen LogP contribution in [0.4, 0.5) is 34.6 Å². The Kier molecular flexibility index (Phi) is 7.68. The highest BCUT2D eigenvalue weighted by Crippen LogP contribution is 2.44. The molecule has 1 atom stereocenters. The van der Waals surface area contributed by atoms with Gasteiger partial charge in [0.05, 0.1) is 41.4 Å². The van der Waals surface area contributed by atoms with Gasteiger partial charge in [0.1, 0.15) is 17.4 Å². The number of hydrogen-bond acceptors (Lipinski definition) is 8. The van der Waals surface area contributed by atoms with Gasteiger partial charge in [0.2, 0.25) is 0 Å². The molecule has 4 N–H and O–H groups in total. The molecule has 1 unspecified atom stereocenters. The first kappa shape index (κ1) is 27.5. The average molecular weight is 560 g/mol. The fraction of sp³-hybridized carbons (Fsp3) is 0.333. The molecule has 0 aliphatic carbocycles. The molecule has 1 aliphatic rings. The van der Waals surface area contributed by atoms with Gasteiger partial charge in [-0.2, -0.15) is 4.39 Å². The Balaban J connectivity index is 1.66. The van der Waals surface area contributed by atoms with Crippen molar-refractivity contribution in [1.29, 1.82) is 0 Å². The van der Waals surface area contributed by atoms with Crippen molar-refractivity contribution in [2.45, 2.75) is 19.3 Å². The molecule has 9 nitrogen and oxygen atoms in total. The first-order valence-corrected chi connectivity index (χ1v) is 12.6. The van der Waals surface area contributed by atoms with E-state index in [1.54, 1.807) is 16.7 Å². The molecule has 0 saturated carbocycles. The molecule has 13 heteroatoms. The maximum absolute atomic E-state index is 14.3. The van der Waals surface area contributed by atoms with Crippen LogP contribution in [0.15, 0.2) is 42.7 Å². The van der Waals surface area contributed by atoms with Gasteiger partial charge in [-0.1, -0.05) is 0 Å². The standard InChI is InChI=1S/C27H29F4N7O2/c1-36(2)13-15-14-38(18-11-16(28)3-4-17(15)18)21-5-6-34-27(35-21)22-23(32)19(37-7-9-39-10-8-37)12-20(24(22)33)40-26(31)25(29)30/h3-6,11-12,14,25-26H,7-10,13,32-33H2,1-2H3. The highest BCUT2D eigenvalue weighted by Gasteiger charge is 2.28. The smallest absolute Gasteiger partial charge is 0.304 e. The lowest BCUT2D eigenvalue weighted by molar-refractivity contribution is -0.0664. The molecule has 212 valence electrons. The Labute approximate surface area is 227 Å². The molecule has 0 bridgehead atoms. The van der Waals surface area contributed by atoms with Gasteiger partial charge in [0, 0.05) is 43.5 Å². The third kappa shape index (κ3) is 5.34. The number of halogens is 4. The summed E-state index contributed by atoms with van der Waals surface area (Å²) in [4.78, 5) is 12.9. The highest BCUT2D eigenvalue weighted by atomic mass is 19.3. The number of fused-ring (bicyclic) bond motifs is 1. The van der Waals surface area contributed by atoms with Gasteiger partial charge in [-0.05, 0) is 43.9 Å². The van der Waals surface area contributed by atoms with Gasteiger partial charge in [-0.15, -0.1) is 0 Å². The lowest BCUT2D eigenvalue weighted by atomic mass is 10.1. The van der Waals surface area contributed by atoms with Gasteiger partial charge >= 0.3 is 6.43 Å². The molecule has 4 aromatic rings. The molecule has 1 saturated heterocycles. The molecular weight excluding hydrogens is 530 g/mol. The summed E-state index contributed by atoms with van der Waals surface area (Å²) >= 11 is 0. The van der Waals surface area contributed by atoms with E-state index in [9.17, 15) is 17.6 Å². The first-order valence-electron chi connectivity index (χ1n) is 12.6. The van der Waals surface area contributed by atoms with Crippen LogP contribution in [0.25, 0.3) is 28.1 Å². The number of hydrogen-bond donors (Lipinski definition) is 2. The number of nitrogen functional groups attached to an aromatic ring is 2. The van der Waals surface area contributed by atoms with Crippen molar-refractivity contribution in [3.8, 4) is 23.0 Å². The second-order valence-electron chi connectivity index (χ2n) is 9.66. The maximum atomic E-state index is 14.3. The van der Waals surface area contributed by atoms with Crippen molar-refractivity contribution in [2.24, 2.45) is 0 Å². The summed E-state index contributed by atoms with van der Waals surface area (Å²) < 4.78 is 66.4. The summed E-state index contributed by atoms with van der Waals surface area (Å²) in [5.41, 5.74) is 14.9. The Morgan fingerprint density at radius 1 is 1.07 bits per heavy atom. The van der Waals surface area contributed by atoms with Crippen molar-refractivity contribution < 1.29 is 27.0 Å². The van der Waals surface area contributed by atoms with E-state index in [1.807, 2.05) is 30.1 Å². The lowest BCUT2D eigenvalue weighted by Crippen LogP contribution is -2.36. The molecule has 2 aromatic carbocycles. The third-order valence-corrected chi connectivity index (χ3v) is 6.59. The van der Waals surface area contributed by atoms with Crippen LogP contribution >= 0.6 is 0 Å². The van der Waals surface area contributed by atoms with Gasteiger partial charge < -0.3 is 35.3 Å². The van der Waals surface area contributed by atoms with Gasteiger partial charge in [-0.3, -0.25) is 0 Å². The van der Waals surface area contributed by atoms with E-state index in [4.69, 9.17) is 20.9 Å². The third-order valence-electron chi connectivity index (χ3n) is 6.59. The van der Waals surface area contributed by atoms with Gasteiger partial charge in [0.15, 0.2) is 5.82 Å². The van der Waals surface area contributed by atoms with E-state index in [-0.39, 0.29) is 28.5 Å². The van der Waals surface area contributed by atoms with Crippen molar-refractivity contribution in [3.63, 3.8) is 0 Å². The van der Waals surface area contributed by atoms with E-state index in [2.05, 4.69) is 9.97 Å². The SMILES string of the molecule is CN(C)Cc1cn(-c2ccnc(-c3c(N)c(OC(F)C(F)F)cc(N4CCOCC4)c3N)n2)c2cc(F)ccc12. The topological polar surface area (TPSA) is 108 Å². The van der Waals surface area contributed by atoms with Crippen LogP contribution in [-0.4, -0.2) is 72.6 Å². The molecule has 5 rings (SSSR count). The minimum absolute atomic E-state index is 0.0623. The normalized spacial score (nSPS) is 14.8. The van der Waals surface area contributed by atoms with E-state index >= 15 is 0 Å². The number of ether oxygens (including phenoxy) is 2. The Hall–Kier alpha value is -4.10. The predicted octanol–water partition coefficient (Wildman–Crippen LogP) is 4.23. The van der Waals surface area contributed by atoms with E-state index < -0.39 is 18.6 Å². The largest absolute Gasteiger partial charge is 0.452 e. The molecule has 40 heavy (non-hydrogen) atoms. The van der Waals surface area contributed by atoms with Crippen LogP contribution < -0.4 is 21.1 Å². The number of nitrogens with zero attached hydrogens (tertiary/aromatic N) is 5. The molecule has 0 amide bonds. The number of benzene rings is 2. The van der Waals surface area contributed by atoms with Crippen molar-refractivity contribution >= 4 is 28.0 Å². The zero-order valence-electron chi connectivity index (χ0n) is 22.0. The molecular formula is C27H29F4N7O2. The molecule has 2 aromatic heterocycles. The van der Waals surface area contributed by atoms with E-state index in [0.29, 0.717) is 49.9 Å². The fourth-order valence-electron chi connectivity index (χ4n) is 4.78. The van der Waals surface area contributed by atoms with Crippen LogP contribution in [0.1, 0.15) is 5.56 Å². The average Bonchev–Trinajstić information content (AvgIpc) is 3.27. The van der Waals surface area contributed by atoms with Crippen LogP contribution in [0.2, 0.25) is 0 Å². The Morgan fingerprint density at radius 3 is 2.52 bits per heavy atom. The lowest BCUT2D eigenvalue weighted by Gasteiger charge is -2.31. The molecule has 3 heterocycles. The van der Waals surface area contributed by atoms with Gasteiger partial charge in [0.25, 0.3) is 6.36 Å². The molecule has 1 aliphatic heterocycles. The summed E-state index contributed by atoms with van der Waals surface area (Å²) in [7, 11) is 3.86. The van der Waals surface area contributed by atoms with Gasteiger partial charge in [-0.25, -0.2) is 23.1 Å². The highest BCUT2D eigenvalue weighted by molar-refractivity contribution is 5.95. The second-order valence-corrected chi connectivity index (χ2v) is 9.66. The molecule has 0 radical (unpaired) electrons. The summed E-state index contributed by atoms with van der Waals surface area (Å²) in [6, 6.07) is 7.50. The minimum Gasteiger partial charge on any atom is -0.452 e. The number of alkyl halides is 3. The molecule has 1 fully saturated rings. The summed E-state index contributed by atoms with van der Waals surface area (Å²) in [5.74, 6) is -0.271. The first-order chi connectivity index (χ1) is 19.1. The van der Waals surface area contributed by atoms with E-state index in [0.717, 1.165) is 10.9 Å². The number of rotatable bonds is 8.